The third kappa shape index (κ3) is 6.58. The van der Waals surface area contributed by atoms with E-state index in [1.165, 1.54) is 22.7 Å². The number of esters is 1. The first-order valence-electron chi connectivity index (χ1n) is 14.4. The molecule has 1 aliphatic rings. The van der Waals surface area contributed by atoms with Gasteiger partial charge in [0.25, 0.3) is 5.56 Å². The Morgan fingerprint density at radius 1 is 0.956 bits per heavy atom. The maximum absolute atomic E-state index is 14.1. The topological polar surface area (TPSA) is 79.1 Å². The molecular weight excluding hydrogens is 672 g/mol. The predicted octanol–water partition coefficient (Wildman–Crippen LogP) is 6.74. The predicted molar refractivity (Wildman–Crippen MR) is 181 cm³/mol. The van der Waals surface area contributed by atoms with Crippen molar-refractivity contribution in [2.75, 3.05) is 13.2 Å². The van der Waals surface area contributed by atoms with Crippen LogP contribution in [-0.4, -0.2) is 23.8 Å². The van der Waals surface area contributed by atoms with Crippen LogP contribution in [0.15, 0.2) is 110 Å². The number of aromatic nitrogens is 1. The molecule has 45 heavy (non-hydrogen) atoms. The number of hydrogen-bond donors (Lipinski definition) is 0. The van der Waals surface area contributed by atoms with Crippen LogP contribution in [0.3, 0.4) is 0 Å². The molecule has 1 aliphatic heterocycles. The molecule has 0 unspecified atom stereocenters. The Labute approximate surface area is 276 Å². The lowest BCUT2D eigenvalue weighted by Crippen LogP contribution is -2.39. The normalized spacial score (nSPS) is 14.6. The highest BCUT2D eigenvalue weighted by molar-refractivity contribution is 9.10. The Bertz CT molecular complexity index is 2030. The number of rotatable bonds is 10. The van der Waals surface area contributed by atoms with Crippen molar-refractivity contribution < 1.29 is 19.0 Å². The number of carbonyl (C=O) groups excluding carboxylic acids is 1. The van der Waals surface area contributed by atoms with Crippen molar-refractivity contribution in [3.63, 3.8) is 0 Å². The van der Waals surface area contributed by atoms with E-state index in [0.29, 0.717) is 45.3 Å². The fourth-order valence-electron chi connectivity index (χ4n) is 5.05. The largest absolute Gasteiger partial charge is 0.490 e. The molecule has 0 saturated carbocycles. The van der Waals surface area contributed by atoms with Gasteiger partial charge in [-0.3, -0.25) is 9.36 Å². The van der Waals surface area contributed by atoms with Crippen LogP contribution in [0.5, 0.6) is 11.5 Å². The molecule has 7 nitrogen and oxygen atoms in total. The van der Waals surface area contributed by atoms with E-state index in [1.807, 2.05) is 103 Å². The minimum Gasteiger partial charge on any atom is -0.490 e. The van der Waals surface area contributed by atoms with Gasteiger partial charge in [-0.05, 0) is 66.8 Å². The summed E-state index contributed by atoms with van der Waals surface area (Å²) in [7, 11) is 0. The summed E-state index contributed by atoms with van der Waals surface area (Å²) in [5.41, 5.74) is 3.20. The molecular formula is C35H29BrN2O5S2. The van der Waals surface area contributed by atoms with Gasteiger partial charge in [-0.1, -0.05) is 81.9 Å². The van der Waals surface area contributed by atoms with Crippen LogP contribution in [0.4, 0.5) is 0 Å². The lowest BCUT2D eigenvalue weighted by Gasteiger charge is -2.24. The number of thiazole rings is 1. The fraction of sp³-hybridized carbons (Fsp3) is 0.171. The summed E-state index contributed by atoms with van der Waals surface area (Å²) in [4.78, 5) is 33.9. The molecule has 6 rings (SSSR count). The summed E-state index contributed by atoms with van der Waals surface area (Å²) >= 11 is 6.23. The second kappa shape index (κ2) is 13.8. The average Bonchev–Trinajstić information content (AvgIpc) is 3.70. The molecule has 0 aliphatic carbocycles. The summed E-state index contributed by atoms with van der Waals surface area (Å²) in [5.74, 6) is 0.707. The third-order valence-corrected chi connectivity index (χ3v) is 9.50. The van der Waals surface area contributed by atoms with Crippen molar-refractivity contribution in [2.24, 2.45) is 4.99 Å². The Balaban J connectivity index is 1.44. The van der Waals surface area contributed by atoms with E-state index in [-0.39, 0.29) is 12.2 Å². The number of halogens is 1. The number of carbonyl (C=O) groups is 1. The van der Waals surface area contributed by atoms with Crippen LogP contribution in [0, 0.1) is 0 Å². The molecule has 228 valence electrons. The van der Waals surface area contributed by atoms with E-state index >= 15 is 0 Å². The van der Waals surface area contributed by atoms with E-state index in [1.54, 1.807) is 11.5 Å². The van der Waals surface area contributed by atoms with Crippen LogP contribution in [0.25, 0.3) is 11.8 Å². The summed E-state index contributed by atoms with van der Waals surface area (Å²) in [6.07, 6.45) is 1.83. The van der Waals surface area contributed by atoms with Crippen molar-refractivity contribution in [2.45, 2.75) is 26.5 Å². The van der Waals surface area contributed by atoms with Gasteiger partial charge in [0.15, 0.2) is 16.3 Å². The van der Waals surface area contributed by atoms with Crippen molar-refractivity contribution in [3.05, 3.63) is 142 Å². The van der Waals surface area contributed by atoms with Crippen LogP contribution >= 0.6 is 38.6 Å². The standard InChI is InChI=1S/C35H29BrN2O5S2/c1-3-41-27-19-23(14-17-26(27)43-21-22-12-15-25(36)16-13-22)20-29-33(39)38-32(28-11-8-18-44-28)30(34(40)42-4-2)31(37-35(38)45-29)24-9-6-5-7-10-24/h5-20,32H,3-4,21H2,1-2H3/b29-20-/t32-/m1/s1. The van der Waals surface area contributed by atoms with Gasteiger partial charge in [-0.2, -0.15) is 0 Å². The molecule has 0 bridgehead atoms. The Kier molecular flexibility index (Phi) is 9.44. The number of benzene rings is 3. The highest BCUT2D eigenvalue weighted by atomic mass is 79.9. The van der Waals surface area contributed by atoms with E-state index < -0.39 is 12.0 Å². The summed E-state index contributed by atoms with van der Waals surface area (Å²) in [6, 6.07) is 26.3. The Morgan fingerprint density at radius 2 is 1.76 bits per heavy atom. The van der Waals surface area contributed by atoms with Crippen LogP contribution < -0.4 is 24.4 Å². The van der Waals surface area contributed by atoms with Gasteiger partial charge in [0.2, 0.25) is 0 Å². The van der Waals surface area contributed by atoms with E-state index in [2.05, 4.69) is 15.9 Å². The molecule has 0 fully saturated rings. The van der Waals surface area contributed by atoms with Crippen molar-refractivity contribution in [1.82, 2.24) is 4.57 Å². The number of fused-ring (bicyclic) bond motifs is 1. The van der Waals surface area contributed by atoms with Gasteiger partial charge in [0, 0.05) is 14.9 Å². The molecule has 0 saturated heterocycles. The fourth-order valence-corrected chi connectivity index (χ4v) is 7.14. The minimum absolute atomic E-state index is 0.205. The van der Waals surface area contributed by atoms with Crippen LogP contribution in [-0.2, 0) is 16.1 Å². The summed E-state index contributed by atoms with van der Waals surface area (Å²) in [5, 5.41) is 1.94. The van der Waals surface area contributed by atoms with Crippen LogP contribution in [0.2, 0.25) is 0 Å². The SMILES string of the molecule is CCOC(=O)C1=C(c2ccccc2)N=c2s/c(=C\c3ccc(OCc4ccc(Br)cc4)c(OCC)c3)c(=O)n2[C@@H]1c1cccs1. The molecule has 1 atom stereocenters. The van der Waals surface area contributed by atoms with Gasteiger partial charge in [-0.15, -0.1) is 11.3 Å². The summed E-state index contributed by atoms with van der Waals surface area (Å²) in [6.45, 7) is 4.74. The monoisotopic (exact) mass is 700 g/mol. The molecule has 0 N–H and O–H groups in total. The van der Waals surface area contributed by atoms with Crippen molar-refractivity contribution in [3.8, 4) is 11.5 Å². The Hall–Kier alpha value is -4.25. The molecule has 3 aromatic carbocycles. The number of hydrogen-bond acceptors (Lipinski definition) is 8. The maximum atomic E-state index is 14.1. The smallest absolute Gasteiger partial charge is 0.338 e. The molecule has 2 aromatic heterocycles. The Morgan fingerprint density at radius 3 is 2.47 bits per heavy atom. The van der Waals surface area contributed by atoms with Gasteiger partial charge in [0.1, 0.15) is 12.6 Å². The molecule has 0 spiro atoms. The van der Waals surface area contributed by atoms with Gasteiger partial charge < -0.3 is 14.2 Å². The highest BCUT2D eigenvalue weighted by Crippen LogP contribution is 2.37. The van der Waals surface area contributed by atoms with Gasteiger partial charge in [-0.25, -0.2) is 9.79 Å². The van der Waals surface area contributed by atoms with Gasteiger partial charge >= 0.3 is 5.97 Å². The number of ether oxygens (including phenoxy) is 3. The van der Waals surface area contributed by atoms with E-state index in [0.717, 1.165) is 26.0 Å². The van der Waals surface area contributed by atoms with E-state index in [4.69, 9.17) is 19.2 Å². The first kappa shape index (κ1) is 30.8. The first-order chi connectivity index (χ1) is 22.0. The third-order valence-electron chi connectivity index (χ3n) is 7.06. The lowest BCUT2D eigenvalue weighted by atomic mass is 9.97. The van der Waals surface area contributed by atoms with Crippen LogP contribution in [0.1, 0.15) is 41.5 Å². The second-order valence-corrected chi connectivity index (χ2v) is 12.9. The zero-order valence-electron chi connectivity index (χ0n) is 24.6. The highest BCUT2D eigenvalue weighted by Gasteiger charge is 2.35. The molecule has 0 radical (unpaired) electrons. The molecule has 5 aromatic rings. The zero-order chi connectivity index (χ0) is 31.3. The second-order valence-electron chi connectivity index (χ2n) is 10.0. The molecule has 0 amide bonds. The van der Waals surface area contributed by atoms with E-state index in [9.17, 15) is 9.59 Å². The van der Waals surface area contributed by atoms with Crippen molar-refractivity contribution >= 4 is 56.3 Å². The van der Waals surface area contributed by atoms with Gasteiger partial charge in [0.05, 0.1) is 29.0 Å². The zero-order valence-corrected chi connectivity index (χ0v) is 27.8. The number of nitrogens with zero attached hydrogens (tertiary/aromatic N) is 2. The quantitative estimate of drug-likeness (QED) is 0.151. The molecule has 10 heteroatoms. The molecule has 3 heterocycles. The summed E-state index contributed by atoms with van der Waals surface area (Å²) < 4.78 is 20.6. The maximum Gasteiger partial charge on any atom is 0.338 e. The first-order valence-corrected chi connectivity index (χ1v) is 16.9. The van der Waals surface area contributed by atoms with Crippen molar-refractivity contribution in [1.29, 1.82) is 0 Å². The minimum atomic E-state index is -0.675. The lowest BCUT2D eigenvalue weighted by molar-refractivity contribution is -0.138. The average molecular weight is 702 g/mol. The number of thiophene rings is 1.